The predicted molar refractivity (Wildman–Crippen MR) is 134 cm³/mol. The molecule has 1 heterocycles. The molecule has 204 valence electrons. The number of rotatable bonds is 6. The molecule has 37 heavy (non-hydrogen) atoms. The average Bonchev–Trinajstić information content (AvgIpc) is 3.68. The van der Waals surface area contributed by atoms with E-state index in [1.807, 2.05) is 24.3 Å². The van der Waals surface area contributed by atoms with Gasteiger partial charge in [0.05, 0.1) is 25.6 Å². The van der Waals surface area contributed by atoms with E-state index in [0.29, 0.717) is 12.2 Å². The number of carbonyl (C=O) groups is 3. The summed E-state index contributed by atoms with van der Waals surface area (Å²) in [4.78, 5) is 40.5. The first kappa shape index (κ1) is 27.1. The zero-order valence-corrected chi connectivity index (χ0v) is 22.9. The Morgan fingerprint density at radius 2 is 1.57 bits per heavy atom. The van der Waals surface area contributed by atoms with Crippen LogP contribution in [0, 0.1) is 11.3 Å². The van der Waals surface area contributed by atoms with Crippen molar-refractivity contribution in [1.29, 1.82) is 0 Å². The molecule has 1 unspecified atom stereocenters. The number of carbonyl (C=O) groups excluding carboxylic acids is 3. The lowest BCUT2D eigenvalue weighted by Gasteiger charge is -2.30. The molecule has 3 fully saturated rings. The van der Waals surface area contributed by atoms with Crippen molar-refractivity contribution in [3.63, 3.8) is 0 Å². The Hall–Kier alpha value is -2.97. The fraction of sp³-hybridized carbons (Fsp3) is 0.679. The Kier molecular flexibility index (Phi) is 7.12. The smallest absolute Gasteiger partial charge is 0.497 e. The Morgan fingerprint density at radius 3 is 2.08 bits per heavy atom. The molecule has 1 spiro atoms. The van der Waals surface area contributed by atoms with Gasteiger partial charge in [-0.15, -0.1) is 0 Å². The summed E-state index contributed by atoms with van der Waals surface area (Å²) in [5.41, 5.74) is -0.483. The predicted octanol–water partition coefficient (Wildman–Crippen LogP) is 4.89. The van der Waals surface area contributed by atoms with E-state index in [-0.39, 0.29) is 23.8 Å². The summed E-state index contributed by atoms with van der Waals surface area (Å²) in [6.07, 6.45) is 0.0588. The minimum absolute atomic E-state index is 0.0166. The van der Waals surface area contributed by atoms with Gasteiger partial charge in [-0.3, -0.25) is 9.69 Å². The molecule has 3 aliphatic rings. The molecule has 9 heteroatoms. The van der Waals surface area contributed by atoms with Crippen LogP contribution in [0.3, 0.4) is 0 Å². The number of likely N-dealkylation sites (tertiary alicyclic amines) is 1. The molecule has 2 aliphatic carbocycles. The van der Waals surface area contributed by atoms with Gasteiger partial charge in [0.1, 0.15) is 17.0 Å². The van der Waals surface area contributed by atoms with Gasteiger partial charge in [-0.1, -0.05) is 12.1 Å². The Bertz CT molecular complexity index is 1020. The Balaban J connectivity index is 1.61. The molecule has 0 bridgehead atoms. The second-order valence-electron chi connectivity index (χ2n) is 12.4. The summed E-state index contributed by atoms with van der Waals surface area (Å²) in [7, 11) is 1.59. The number of esters is 1. The standard InChI is InChI=1S/C28H39NO8/c1-26(2,3)36-24(31)29-16-21(34-25(32)37-27(4,5)6)22(35-23(30)19-15-28(19)12-13-28)20(29)14-17-8-10-18(33-7)11-9-17/h8-11,19-22H,12-16H2,1-7H3/t19?,20-,21+,22+/m1/s1. The highest BCUT2D eigenvalue weighted by Crippen LogP contribution is 2.71. The molecule has 0 N–H and O–H groups in total. The van der Waals surface area contributed by atoms with Crippen molar-refractivity contribution < 1.29 is 38.1 Å². The third kappa shape index (κ3) is 6.67. The van der Waals surface area contributed by atoms with Crippen molar-refractivity contribution in [3.8, 4) is 5.75 Å². The van der Waals surface area contributed by atoms with Crippen LogP contribution in [0.15, 0.2) is 24.3 Å². The normalized spacial score (nSPS) is 25.9. The number of hydrogen-bond donors (Lipinski definition) is 0. The van der Waals surface area contributed by atoms with Gasteiger partial charge < -0.3 is 23.7 Å². The van der Waals surface area contributed by atoms with Gasteiger partial charge in [0.25, 0.3) is 0 Å². The van der Waals surface area contributed by atoms with Crippen LogP contribution >= 0.6 is 0 Å². The number of ether oxygens (including phenoxy) is 5. The SMILES string of the molecule is COc1ccc(C[C@@H]2[C@H](OC(=O)C3CC34CC4)[C@@H](OC(=O)OC(C)(C)C)CN2C(=O)OC(C)(C)C)cc1. The highest BCUT2D eigenvalue weighted by Gasteiger charge is 2.67. The summed E-state index contributed by atoms with van der Waals surface area (Å²) in [6.45, 7) is 10.6. The van der Waals surface area contributed by atoms with Gasteiger partial charge in [0, 0.05) is 0 Å². The van der Waals surface area contributed by atoms with Crippen LogP contribution in [0.25, 0.3) is 0 Å². The molecule has 2 saturated carbocycles. The van der Waals surface area contributed by atoms with Crippen LogP contribution in [0.2, 0.25) is 0 Å². The maximum absolute atomic E-state index is 13.3. The molecule has 9 nitrogen and oxygen atoms in total. The molecule has 1 aromatic carbocycles. The van der Waals surface area contributed by atoms with E-state index < -0.39 is 41.7 Å². The van der Waals surface area contributed by atoms with Crippen molar-refractivity contribution in [2.75, 3.05) is 13.7 Å². The van der Waals surface area contributed by atoms with Crippen LogP contribution < -0.4 is 4.74 Å². The van der Waals surface area contributed by atoms with E-state index in [0.717, 1.165) is 24.8 Å². The molecular weight excluding hydrogens is 478 g/mol. The second-order valence-corrected chi connectivity index (χ2v) is 12.4. The topological polar surface area (TPSA) is 101 Å². The summed E-state index contributed by atoms with van der Waals surface area (Å²) in [6, 6.07) is 6.85. The summed E-state index contributed by atoms with van der Waals surface area (Å²) >= 11 is 0. The lowest BCUT2D eigenvalue weighted by atomic mass is 10.0. The Morgan fingerprint density at radius 1 is 0.946 bits per heavy atom. The van der Waals surface area contributed by atoms with Crippen molar-refractivity contribution >= 4 is 18.2 Å². The number of amides is 1. The lowest BCUT2D eigenvalue weighted by Crippen LogP contribution is -2.45. The molecule has 1 aromatic rings. The van der Waals surface area contributed by atoms with E-state index in [9.17, 15) is 14.4 Å². The first-order valence-corrected chi connectivity index (χ1v) is 12.9. The van der Waals surface area contributed by atoms with Gasteiger partial charge in [0.2, 0.25) is 0 Å². The fourth-order valence-corrected chi connectivity index (χ4v) is 4.88. The Labute approximate surface area is 218 Å². The number of methoxy groups -OCH3 is 1. The second kappa shape index (κ2) is 9.72. The molecule has 4 atom stereocenters. The van der Waals surface area contributed by atoms with Crippen molar-refractivity contribution in [1.82, 2.24) is 4.90 Å². The maximum atomic E-state index is 13.3. The lowest BCUT2D eigenvalue weighted by molar-refractivity contribution is -0.158. The highest BCUT2D eigenvalue weighted by molar-refractivity contribution is 5.78. The summed E-state index contributed by atoms with van der Waals surface area (Å²) < 4.78 is 28.0. The maximum Gasteiger partial charge on any atom is 0.509 e. The average molecular weight is 518 g/mol. The minimum atomic E-state index is -0.900. The number of hydrogen-bond acceptors (Lipinski definition) is 8. The first-order chi connectivity index (χ1) is 17.2. The monoisotopic (exact) mass is 517 g/mol. The van der Waals surface area contributed by atoms with Gasteiger partial charge in [-0.25, -0.2) is 9.59 Å². The number of nitrogens with zero attached hydrogens (tertiary/aromatic N) is 1. The van der Waals surface area contributed by atoms with Gasteiger partial charge in [-0.2, -0.15) is 0 Å². The van der Waals surface area contributed by atoms with Crippen LogP contribution in [0.4, 0.5) is 9.59 Å². The van der Waals surface area contributed by atoms with Gasteiger partial charge in [-0.05, 0) is 90.3 Å². The van der Waals surface area contributed by atoms with Crippen molar-refractivity contribution in [3.05, 3.63) is 29.8 Å². The van der Waals surface area contributed by atoms with E-state index in [1.54, 1.807) is 48.7 Å². The highest BCUT2D eigenvalue weighted by atomic mass is 16.7. The summed E-state index contributed by atoms with van der Waals surface area (Å²) in [5.74, 6) is 0.273. The molecular formula is C28H39NO8. The third-order valence-electron chi connectivity index (χ3n) is 7.01. The minimum Gasteiger partial charge on any atom is -0.497 e. The molecule has 1 amide bonds. The van der Waals surface area contributed by atoms with E-state index >= 15 is 0 Å². The molecule has 1 saturated heterocycles. The van der Waals surface area contributed by atoms with Crippen molar-refractivity contribution in [2.24, 2.45) is 11.3 Å². The zero-order valence-electron chi connectivity index (χ0n) is 22.9. The number of benzene rings is 1. The van der Waals surface area contributed by atoms with E-state index in [1.165, 1.54) is 4.90 Å². The fourth-order valence-electron chi connectivity index (χ4n) is 4.88. The third-order valence-corrected chi connectivity index (χ3v) is 7.01. The van der Waals surface area contributed by atoms with E-state index in [4.69, 9.17) is 23.7 Å². The van der Waals surface area contributed by atoms with Crippen LogP contribution in [0.1, 0.15) is 66.4 Å². The summed E-state index contributed by atoms with van der Waals surface area (Å²) in [5, 5.41) is 0. The molecule has 0 radical (unpaired) electrons. The molecule has 1 aliphatic heterocycles. The van der Waals surface area contributed by atoms with Crippen LogP contribution in [-0.2, 0) is 30.2 Å². The van der Waals surface area contributed by atoms with Gasteiger partial charge in [0.15, 0.2) is 12.2 Å². The molecule has 4 rings (SSSR count). The van der Waals surface area contributed by atoms with Gasteiger partial charge >= 0.3 is 18.2 Å². The quantitative estimate of drug-likeness (QED) is 0.388. The largest absolute Gasteiger partial charge is 0.509 e. The van der Waals surface area contributed by atoms with Crippen LogP contribution in [0.5, 0.6) is 5.75 Å². The molecule has 0 aromatic heterocycles. The van der Waals surface area contributed by atoms with Crippen LogP contribution in [-0.4, -0.2) is 66.2 Å². The van der Waals surface area contributed by atoms with Crippen molar-refractivity contribution in [2.45, 2.75) is 96.7 Å². The zero-order chi connectivity index (χ0) is 27.2. The van der Waals surface area contributed by atoms with E-state index in [2.05, 4.69) is 0 Å². The first-order valence-electron chi connectivity index (χ1n) is 12.9.